The predicted molar refractivity (Wildman–Crippen MR) is 79.7 cm³/mol. The van der Waals surface area contributed by atoms with Crippen molar-refractivity contribution in [3.63, 3.8) is 0 Å². The molecule has 0 radical (unpaired) electrons. The zero-order valence-corrected chi connectivity index (χ0v) is 12.5. The molecule has 0 saturated heterocycles. The molecule has 0 saturated carbocycles. The van der Waals surface area contributed by atoms with Gasteiger partial charge >= 0.3 is 0 Å². The van der Waals surface area contributed by atoms with E-state index < -0.39 is 0 Å². The van der Waals surface area contributed by atoms with Crippen LogP contribution in [0.25, 0.3) is 0 Å². The SMILES string of the molecule is CCCNc1nc(C)nc(NCC(O)CCC)c1C. The van der Waals surface area contributed by atoms with Gasteiger partial charge in [-0.25, -0.2) is 9.97 Å². The second-order valence-electron chi connectivity index (χ2n) is 4.84. The number of aliphatic hydroxyl groups excluding tert-OH is 1. The maximum Gasteiger partial charge on any atom is 0.134 e. The molecule has 0 aliphatic carbocycles. The highest BCUT2D eigenvalue weighted by Gasteiger charge is 2.10. The Morgan fingerprint density at radius 2 is 1.68 bits per heavy atom. The van der Waals surface area contributed by atoms with Crippen molar-refractivity contribution in [2.45, 2.75) is 53.1 Å². The minimum absolute atomic E-state index is 0.327. The topological polar surface area (TPSA) is 70.1 Å². The monoisotopic (exact) mass is 266 g/mol. The minimum atomic E-state index is -0.327. The van der Waals surface area contributed by atoms with Gasteiger partial charge in [0, 0.05) is 18.7 Å². The first-order valence-corrected chi connectivity index (χ1v) is 7.09. The van der Waals surface area contributed by atoms with Crippen LogP contribution < -0.4 is 10.6 Å². The summed E-state index contributed by atoms with van der Waals surface area (Å²) in [5, 5.41) is 16.3. The summed E-state index contributed by atoms with van der Waals surface area (Å²) in [5.41, 5.74) is 1.00. The second-order valence-corrected chi connectivity index (χ2v) is 4.84. The number of rotatable bonds is 8. The average molecular weight is 266 g/mol. The Morgan fingerprint density at radius 3 is 2.26 bits per heavy atom. The van der Waals surface area contributed by atoms with Crippen LogP contribution >= 0.6 is 0 Å². The molecule has 0 spiro atoms. The van der Waals surface area contributed by atoms with Crippen molar-refractivity contribution in [2.75, 3.05) is 23.7 Å². The van der Waals surface area contributed by atoms with Crippen LogP contribution in [0.2, 0.25) is 0 Å². The predicted octanol–water partition coefficient (Wildman–Crippen LogP) is 2.49. The molecule has 1 atom stereocenters. The van der Waals surface area contributed by atoms with E-state index in [0.717, 1.165) is 48.8 Å². The lowest BCUT2D eigenvalue weighted by atomic mass is 10.2. The lowest BCUT2D eigenvalue weighted by Gasteiger charge is -2.16. The molecular weight excluding hydrogens is 240 g/mol. The van der Waals surface area contributed by atoms with E-state index in [1.54, 1.807) is 0 Å². The largest absolute Gasteiger partial charge is 0.391 e. The van der Waals surface area contributed by atoms with E-state index in [1.807, 2.05) is 13.8 Å². The summed E-state index contributed by atoms with van der Waals surface area (Å²) in [7, 11) is 0. The average Bonchev–Trinajstić information content (AvgIpc) is 2.38. The smallest absolute Gasteiger partial charge is 0.134 e. The molecule has 5 nitrogen and oxygen atoms in total. The van der Waals surface area contributed by atoms with Crippen molar-refractivity contribution in [1.29, 1.82) is 0 Å². The Kier molecular flexibility index (Phi) is 6.56. The number of hydrogen-bond donors (Lipinski definition) is 3. The lowest BCUT2D eigenvalue weighted by Crippen LogP contribution is -2.21. The fourth-order valence-electron chi connectivity index (χ4n) is 1.87. The van der Waals surface area contributed by atoms with Gasteiger partial charge in [0.1, 0.15) is 17.5 Å². The summed E-state index contributed by atoms with van der Waals surface area (Å²) >= 11 is 0. The second kappa shape index (κ2) is 7.94. The van der Waals surface area contributed by atoms with E-state index in [9.17, 15) is 5.11 Å². The molecule has 5 heteroatoms. The van der Waals surface area contributed by atoms with Crippen molar-refractivity contribution in [3.8, 4) is 0 Å². The molecule has 1 aromatic rings. The van der Waals surface area contributed by atoms with E-state index in [-0.39, 0.29) is 6.10 Å². The Hall–Kier alpha value is -1.36. The number of aryl methyl sites for hydroxylation is 1. The highest BCUT2D eigenvalue weighted by atomic mass is 16.3. The third-order valence-electron chi connectivity index (χ3n) is 2.93. The lowest BCUT2D eigenvalue weighted by molar-refractivity contribution is 0.176. The molecular formula is C14H26N4O. The zero-order chi connectivity index (χ0) is 14.3. The maximum atomic E-state index is 9.76. The third-order valence-corrected chi connectivity index (χ3v) is 2.93. The fraction of sp³-hybridized carbons (Fsp3) is 0.714. The van der Waals surface area contributed by atoms with Gasteiger partial charge in [-0.3, -0.25) is 0 Å². The number of nitrogens with zero attached hydrogens (tertiary/aromatic N) is 2. The van der Waals surface area contributed by atoms with Crippen LogP contribution in [0, 0.1) is 13.8 Å². The van der Waals surface area contributed by atoms with Gasteiger partial charge in [-0.2, -0.15) is 0 Å². The summed E-state index contributed by atoms with van der Waals surface area (Å²) in [6.45, 7) is 9.48. The minimum Gasteiger partial charge on any atom is -0.391 e. The molecule has 1 heterocycles. The van der Waals surface area contributed by atoms with E-state index >= 15 is 0 Å². The molecule has 3 N–H and O–H groups in total. The quantitative estimate of drug-likeness (QED) is 0.674. The van der Waals surface area contributed by atoms with Gasteiger partial charge in [-0.15, -0.1) is 0 Å². The molecule has 0 aliphatic rings. The standard InChI is InChI=1S/C14H26N4O/c1-5-7-12(19)9-16-14-10(3)13(15-8-6-2)17-11(4)18-14/h12,19H,5-9H2,1-4H3,(H2,15,16,17,18). The fourth-order valence-corrected chi connectivity index (χ4v) is 1.87. The molecule has 0 amide bonds. The van der Waals surface area contributed by atoms with E-state index in [0.29, 0.717) is 6.54 Å². The molecule has 0 aliphatic heterocycles. The number of aromatic nitrogens is 2. The van der Waals surface area contributed by atoms with Crippen LogP contribution in [0.4, 0.5) is 11.6 Å². The van der Waals surface area contributed by atoms with Gasteiger partial charge in [-0.05, 0) is 26.7 Å². The molecule has 1 aromatic heterocycles. The van der Waals surface area contributed by atoms with Gasteiger partial charge in [0.15, 0.2) is 0 Å². The summed E-state index contributed by atoms with van der Waals surface area (Å²) in [6.07, 6.45) is 2.51. The number of aliphatic hydroxyl groups is 1. The molecule has 19 heavy (non-hydrogen) atoms. The highest BCUT2D eigenvalue weighted by molar-refractivity contribution is 5.57. The molecule has 1 unspecified atom stereocenters. The van der Waals surface area contributed by atoms with Gasteiger partial charge in [0.2, 0.25) is 0 Å². The first-order chi connectivity index (χ1) is 9.08. The number of nitrogens with one attached hydrogen (secondary N) is 2. The molecule has 1 rings (SSSR count). The van der Waals surface area contributed by atoms with Crippen molar-refractivity contribution in [2.24, 2.45) is 0 Å². The van der Waals surface area contributed by atoms with Gasteiger partial charge in [0.25, 0.3) is 0 Å². The van der Waals surface area contributed by atoms with Gasteiger partial charge < -0.3 is 15.7 Å². The van der Waals surface area contributed by atoms with Crippen LogP contribution in [0.1, 0.15) is 44.5 Å². The van der Waals surface area contributed by atoms with Crippen LogP contribution in [0.15, 0.2) is 0 Å². The zero-order valence-electron chi connectivity index (χ0n) is 12.5. The molecule has 108 valence electrons. The Morgan fingerprint density at radius 1 is 1.05 bits per heavy atom. The van der Waals surface area contributed by atoms with Crippen LogP contribution in [-0.2, 0) is 0 Å². The number of hydrogen-bond acceptors (Lipinski definition) is 5. The Balaban J connectivity index is 2.74. The van der Waals surface area contributed by atoms with Crippen molar-refractivity contribution >= 4 is 11.6 Å². The first-order valence-electron chi connectivity index (χ1n) is 7.09. The molecule has 0 bridgehead atoms. The molecule has 0 aromatic carbocycles. The van der Waals surface area contributed by atoms with Crippen molar-refractivity contribution in [1.82, 2.24) is 9.97 Å². The third kappa shape index (κ3) is 5.03. The van der Waals surface area contributed by atoms with E-state index in [2.05, 4.69) is 34.4 Å². The van der Waals surface area contributed by atoms with Gasteiger partial charge in [0.05, 0.1) is 6.10 Å². The Labute approximate surface area is 115 Å². The number of anilines is 2. The van der Waals surface area contributed by atoms with E-state index in [1.165, 1.54) is 0 Å². The summed E-state index contributed by atoms with van der Waals surface area (Å²) < 4.78 is 0. The first kappa shape index (κ1) is 15.7. The van der Waals surface area contributed by atoms with Crippen molar-refractivity contribution < 1.29 is 5.11 Å². The van der Waals surface area contributed by atoms with Crippen molar-refractivity contribution in [3.05, 3.63) is 11.4 Å². The van der Waals surface area contributed by atoms with Crippen LogP contribution in [-0.4, -0.2) is 34.3 Å². The summed E-state index contributed by atoms with van der Waals surface area (Å²) in [5.74, 6) is 2.42. The molecule has 0 fully saturated rings. The highest BCUT2D eigenvalue weighted by Crippen LogP contribution is 2.19. The summed E-state index contributed by atoms with van der Waals surface area (Å²) in [4.78, 5) is 8.81. The summed E-state index contributed by atoms with van der Waals surface area (Å²) in [6, 6.07) is 0. The maximum absolute atomic E-state index is 9.76. The van der Waals surface area contributed by atoms with Gasteiger partial charge in [-0.1, -0.05) is 20.3 Å². The normalized spacial score (nSPS) is 12.3. The Bertz CT molecular complexity index is 395. The van der Waals surface area contributed by atoms with E-state index in [4.69, 9.17) is 0 Å². The van der Waals surface area contributed by atoms with Crippen LogP contribution in [0.5, 0.6) is 0 Å². The van der Waals surface area contributed by atoms with Crippen LogP contribution in [0.3, 0.4) is 0 Å².